The smallest absolute Gasteiger partial charge is 0.280 e. The van der Waals surface area contributed by atoms with Crippen molar-refractivity contribution in [1.82, 2.24) is 4.90 Å². The molecule has 1 aromatic carbocycles. The van der Waals surface area contributed by atoms with Crippen LogP contribution in [-0.4, -0.2) is 49.4 Å². The molecule has 1 aliphatic rings. The molecule has 0 saturated carbocycles. The fourth-order valence-electron chi connectivity index (χ4n) is 2.91. The van der Waals surface area contributed by atoms with Gasteiger partial charge in [-0.3, -0.25) is 9.59 Å². The number of anilines is 1. The minimum Gasteiger partial charge on any atom is -0.338 e. The lowest BCUT2D eigenvalue weighted by molar-refractivity contribution is -0.886. The number of benzene rings is 1. The predicted molar refractivity (Wildman–Crippen MR) is 91.6 cm³/mol. The van der Waals surface area contributed by atoms with E-state index in [0.29, 0.717) is 0 Å². The molecule has 0 bridgehead atoms. The zero-order valence-corrected chi connectivity index (χ0v) is 14.6. The summed E-state index contributed by atoms with van der Waals surface area (Å²) in [6.07, 6.45) is 2.18. The Morgan fingerprint density at radius 2 is 1.91 bits per heavy atom. The van der Waals surface area contributed by atoms with Gasteiger partial charge < -0.3 is 15.1 Å². The minimum atomic E-state index is -0.197. The molecule has 1 aliphatic heterocycles. The van der Waals surface area contributed by atoms with Crippen LogP contribution < -0.4 is 10.2 Å². The minimum absolute atomic E-state index is 0.0581. The quantitative estimate of drug-likeness (QED) is 0.842. The highest BCUT2D eigenvalue weighted by Crippen LogP contribution is 2.17. The maximum atomic E-state index is 12.4. The number of amides is 2. The van der Waals surface area contributed by atoms with Crippen LogP contribution in [0, 0.1) is 13.8 Å². The maximum Gasteiger partial charge on any atom is 0.280 e. The number of hydrogen-bond acceptors (Lipinski definition) is 2. The Hall–Kier alpha value is -1.88. The molecule has 1 saturated heterocycles. The van der Waals surface area contributed by atoms with Crippen molar-refractivity contribution in [2.45, 2.75) is 39.7 Å². The molecular formula is C18H28N3O2+. The van der Waals surface area contributed by atoms with Crippen molar-refractivity contribution < 1.29 is 14.5 Å². The average molecular weight is 318 g/mol. The van der Waals surface area contributed by atoms with Crippen molar-refractivity contribution in [2.75, 3.05) is 32.0 Å². The van der Waals surface area contributed by atoms with Crippen LogP contribution in [0.1, 0.15) is 30.9 Å². The monoisotopic (exact) mass is 318 g/mol. The fourth-order valence-corrected chi connectivity index (χ4v) is 2.91. The molecule has 1 fully saturated rings. The standard InChI is InChI=1S/C18H27N3O2/c1-13-8-7-9-16(14(13)2)19-17(22)12-20(4)15(3)18(23)21-10-5-6-11-21/h7-9,15H,5-6,10-12H2,1-4H3,(H,19,22)/p+1/t15-/m0/s1. The van der Waals surface area contributed by atoms with E-state index in [1.165, 1.54) is 0 Å². The first kappa shape index (κ1) is 17.5. The number of nitrogens with zero attached hydrogens (tertiary/aromatic N) is 1. The number of aryl methyl sites for hydroxylation is 1. The fraction of sp³-hybridized carbons (Fsp3) is 0.556. The first-order chi connectivity index (χ1) is 10.9. The lowest BCUT2D eigenvalue weighted by Gasteiger charge is -2.25. The number of hydrogen-bond donors (Lipinski definition) is 2. The van der Waals surface area contributed by atoms with Crippen LogP contribution in [0.25, 0.3) is 0 Å². The van der Waals surface area contributed by atoms with E-state index in [1.54, 1.807) is 0 Å². The second kappa shape index (κ2) is 7.59. The largest absolute Gasteiger partial charge is 0.338 e. The van der Waals surface area contributed by atoms with Crippen molar-refractivity contribution in [1.29, 1.82) is 0 Å². The topological polar surface area (TPSA) is 53.9 Å². The van der Waals surface area contributed by atoms with E-state index in [9.17, 15) is 9.59 Å². The Labute approximate surface area is 138 Å². The molecule has 5 heteroatoms. The molecule has 5 nitrogen and oxygen atoms in total. The summed E-state index contributed by atoms with van der Waals surface area (Å²) in [7, 11) is 1.90. The normalized spacial score (nSPS) is 17.0. The van der Waals surface area contributed by atoms with Crippen LogP contribution in [0.15, 0.2) is 18.2 Å². The van der Waals surface area contributed by atoms with Crippen molar-refractivity contribution in [2.24, 2.45) is 0 Å². The van der Waals surface area contributed by atoms with Gasteiger partial charge in [-0.25, -0.2) is 0 Å². The predicted octanol–water partition coefficient (Wildman–Crippen LogP) is 0.768. The molecule has 2 N–H and O–H groups in total. The van der Waals surface area contributed by atoms with Crippen LogP contribution in [0.4, 0.5) is 5.69 Å². The van der Waals surface area contributed by atoms with Crippen LogP contribution in [0.2, 0.25) is 0 Å². The van der Waals surface area contributed by atoms with Crippen LogP contribution in [0.5, 0.6) is 0 Å². The summed E-state index contributed by atoms with van der Waals surface area (Å²) < 4.78 is 0. The molecular weight excluding hydrogens is 290 g/mol. The maximum absolute atomic E-state index is 12.4. The zero-order chi connectivity index (χ0) is 17.0. The van der Waals surface area contributed by atoms with Gasteiger partial charge in [-0.05, 0) is 50.8 Å². The molecule has 0 radical (unpaired) electrons. The summed E-state index contributed by atoms with van der Waals surface area (Å²) in [5, 5.41) is 2.96. The number of likely N-dealkylation sites (N-methyl/N-ethyl adjacent to an activating group) is 1. The van der Waals surface area contributed by atoms with E-state index < -0.39 is 0 Å². The van der Waals surface area contributed by atoms with Gasteiger partial charge in [-0.2, -0.15) is 0 Å². The molecule has 126 valence electrons. The SMILES string of the molecule is Cc1cccc(NC(=O)C[NH+](C)[C@@H](C)C(=O)N2CCCC2)c1C. The highest BCUT2D eigenvalue weighted by atomic mass is 16.2. The summed E-state index contributed by atoms with van der Waals surface area (Å²) in [4.78, 5) is 27.5. The average Bonchev–Trinajstić information content (AvgIpc) is 3.04. The summed E-state index contributed by atoms with van der Waals surface area (Å²) in [5.74, 6) is 0.0943. The van der Waals surface area contributed by atoms with E-state index in [1.807, 2.05) is 50.9 Å². The summed E-state index contributed by atoms with van der Waals surface area (Å²) >= 11 is 0. The van der Waals surface area contributed by atoms with E-state index in [2.05, 4.69) is 5.32 Å². The van der Waals surface area contributed by atoms with Crippen molar-refractivity contribution in [3.05, 3.63) is 29.3 Å². The number of quaternary nitrogens is 1. The Balaban J connectivity index is 1.91. The third-order valence-corrected chi connectivity index (χ3v) is 4.85. The van der Waals surface area contributed by atoms with Gasteiger partial charge >= 0.3 is 0 Å². The van der Waals surface area contributed by atoms with Crippen molar-refractivity contribution in [3.8, 4) is 0 Å². The van der Waals surface area contributed by atoms with Gasteiger partial charge in [0.2, 0.25) is 0 Å². The Morgan fingerprint density at radius 1 is 1.26 bits per heavy atom. The Kier molecular flexibility index (Phi) is 5.77. The molecule has 2 rings (SSSR count). The molecule has 2 atom stereocenters. The van der Waals surface area contributed by atoms with Crippen molar-refractivity contribution >= 4 is 17.5 Å². The highest BCUT2D eigenvalue weighted by molar-refractivity contribution is 5.92. The van der Waals surface area contributed by atoms with Gasteiger partial charge in [-0.1, -0.05) is 12.1 Å². The number of carbonyl (C=O) groups is 2. The number of likely N-dealkylation sites (tertiary alicyclic amines) is 1. The van der Waals surface area contributed by atoms with Gasteiger partial charge in [0.05, 0.1) is 7.05 Å². The third-order valence-electron chi connectivity index (χ3n) is 4.85. The van der Waals surface area contributed by atoms with Crippen molar-refractivity contribution in [3.63, 3.8) is 0 Å². The molecule has 0 aliphatic carbocycles. The second-order valence-electron chi connectivity index (χ2n) is 6.57. The van der Waals surface area contributed by atoms with Crippen LogP contribution in [0.3, 0.4) is 0 Å². The summed E-state index contributed by atoms with van der Waals surface area (Å²) in [6, 6.07) is 5.68. The number of nitrogens with one attached hydrogen (secondary N) is 2. The molecule has 1 heterocycles. The number of rotatable bonds is 5. The lowest BCUT2D eigenvalue weighted by Crippen LogP contribution is -3.15. The van der Waals surface area contributed by atoms with E-state index >= 15 is 0 Å². The van der Waals surface area contributed by atoms with Gasteiger partial charge in [0.15, 0.2) is 12.6 Å². The van der Waals surface area contributed by atoms with Gasteiger partial charge in [-0.15, -0.1) is 0 Å². The molecule has 1 unspecified atom stereocenters. The lowest BCUT2D eigenvalue weighted by atomic mass is 10.1. The molecule has 2 amide bonds. The van der Waals surface area contributed by atoms with Crippen LogP contribution >= 0.6 is 0 Å². The van der Waals surface area contributed by atoms with Gasteiger partial charge in [0, 0.05) is 18.8 Å². The molecule has 0 aromatic heterocycles. The molecule has 1 aromatic rings. The van der Waals surface area contributed by atoms with Crippen LogP contribution in [-0.2, 0) is 9.59 Å². The molecule has 23 heavy (non-hydrogen) atoms. The second-order valence-corrected chi connectivity index (χ2v) is 6.57. The summed E-state index contributed by atoms with van der Waals surface area (Å²) in [6.45, 7) is 7.92. The zero-order valence-electron chi connectivity index (χ0n) is 14.6. The Bertz CT molecular complexity index is 580. The van der Waals surface area contributed by atoms with E-state index in [-0.39, 0.29) is 24.4 Å². The first-order valence-corrected chi connectivity index (χ1v) is 8.37. The number of carbonyl (C=O) groups excluding carboxylic acids is 2. The highest BCUT2D eigenvalue weighted by Gasteiger charge is 2.29. The van der Waals surface area contributed by atoms with E-state index in [4.69, 9.17) is 0 Å². The van der Waals surface area contributed by atoms with Gasteiger partial charge in [0.25, 0.3) is 11.8 Å². The Morgan fingerprint density at radius 3 is 2.57 bits per heavy atom. The summed E-state index contributed by atoms with van der Waals surface area (Å²) in [5.41, 5.74) is 3.09. The first-order valence-electron chi connectivity index (χ1n) is 8.37. The molecule has 0 spiro atoms. The third kappa shape index (κ3) is 4.32. The van der Waals surface area contributed by atoms with Gasteiger partial charge in [0.1, 0.15) is 0 Å². The van der Waals surface area contributed by atoms with E-state index in [0.717, 1.165) is 47.6 Å².